The second kappa shape index (κ2) is 30.0. The summed E-state index contributed by atoms with van der Waals surface area (Å²) < 4.78 is 24.9. The lowest BCUT2D eigenvalue weighted by atomic mass is 10.0. The second-order valence-corrected chi connectivity index (χ2v) is 30.5. The Balaban J connectivity index is 0.000000108. The maximum atomic E-state index is 10.0. The van der Waals surface area contributed by atoms with E-state index in [2.05, 4.69) is 203 Å². The zero-order valence-electron chi connectivity index (χ0n) is 66.7. The van der Waals surface area contributed by atoms with Crippen molar-refractivity contribution in [3.8, 4) is 109 Å². The molecule has 0 radical (unpaired) electrons. The number of furan rings is 3. The first-order valence-electron chi connectivity index (χ1n) is 40.9. The van der Waals surface area contributed by atoms with Crippen molar-refractivity contribution in [1.82, 2.24) is 58.6 Å². The van der Waals surface area contributed by atoms with E-state index in [0.29, 0.717) is 86.3 Å². The van der Waals surface area contributed by atoms with Crippen LogP contribution in [0.4, 0.5) is 0 Å². The Morgan fingerprint density at radius 3 is 0.920 bits per heavy atom. The van der Waals surface area contributed by atoms with Gasteiger partial charge in [-0.05, 0) is 115 Å². The monoisotopic (exact) mass is 1600 g/mol. The van der Waals surface area contributed by atoms with Crippen molar-refractivity contribution >= 4 is 131 Å². The molecule has 0 saturated carbocycles. The molecule has 0 aliphatic heterocycles. The van der Waals surface area contributed by atoms with Crippen LogP contribution in [0.1, 0.15) is 16.7 Å². The number of aryl methyl sites for hydroxylation is 1. The first-order chi connectivity index (χ1) is 61.8. The van der Waals surface area contributed by atoms with Gasteiger partial charge in [0.2, 0.25) is 17.8 Å². The van der Waals surface area contributed by atoms with Crippen LogP contribution in [-0.2, 0) is 0 Å². The molecule has 9 heterocycles. The number of rotatable bonds is 10. The van der Waals surface area contributed by atoms with Gasteiger partial charge in [-0.2, -0.15) is 40.4 Å². The molecule has 0 N–H and O–H groups in total. The number of aromatic nitrogens is 12. The van der Waals surface area contributed by atoms with Crippen LogP contribution in [0.15, 0.2) is 383 Å². The Morgan fingerprint density at radius 1 is 0.224 bits per heavy atom. The first kappa shape index (κ1) is 72.5. The average Bonchev–Trinajstić information content (AvgIpc) is 1.60. The highest BCUT2D eigenvalue weighted by Gasteiger charge is 2.26. The van der Waals surface area contributed by atoms with E-state index in [4.69, 9.17) is 58.1 Å². The van der Waals surface area contributed by atoms with E-state index in [-0.39, 0.29) is 0 Å². The molecule has 0 fully saturated rings. The van der Waals surface area contributed by atoms with Crippen molar-refractivity contribution in [2.75, 3.05) is 0 Å². The topological polar surface area (TPSA) is 218 Å². The van der Waals surface area contributed by atoms with Crippen LogP contribution < -0.4 is 0 Å². The molecule has 16 aromatic carbocycles. The van der Waals surface area contributed by atoms with E-state index in [1.54, 1.807) is 6.07 Å². The molecular formula is C108H64N14O3. The lowest BCUT2D eigenvalue weighted by Crippen LogP contribution is -2.06. The summed E-state index contributed by atoms with van der Waals surface area (Å²) in [4.78, 5) is 45.4. The van der Waals surface area contributed by atoms with Gasteiger partial charge in [0, 0.05) is 98.0 Å². The molecule has 0 aliphatic rings. The van der Waals surface area contributed by atoms with Gasteiger partial charge in [-0.3, -0.25) is 13.7 Å². The van der Waals surface area contributed by atoms with E-state index in [1.807, 2.05) is 194 Å². The highest BCUT2D eigenvalue weighted by Crippen LogP contribution is 2.44. The van der Waals surface area contributed by atoms with Gasteiger partial charge < -0.3 is 13.3 Å². The lowest BCUT2D eigenvalue weighted by molar-refractivity contribution is 0.666. The highest BCUT2D eigenvalue weighted by molar-refractivity contribution is 6.17. The van der Waals surface area contributed by atoms with Crippen molar-refractivity contribution < 1.29 is 13.3 Å². The number of fused-ring (bicyclic) bond motifs is 18. The number of para-hydroxylation sites is 7. The van der Waals surface area contributed by atoms with Crippen LogP contribution in [-0.4, -0.2) is 58.6 Å². The maximum absolute atomic E-state index is 10.0. The fourth-order valence-corrected chi connectivity index (χ4v) is 17.6. The van der Waals surface area contributed by atoms with E-state index in [1.165, 1.54) is 0 Å². The fraction of sp³-hybridized carbons (Fsp3) is 0.00926. The third kappa shape index (κ3) is 12.4. The van der Waals surface area contributed by atoms with Gasteiger partial charge in [0.05, 0.1) is 56.4 Å². The third-order valence-electron chi connectivity index (χ3n) is 23.2. The summed E-state index contributed by atoms with van der Waals surface area (Å²) in [6.45, 7) is 2.07. The van der Waals surface area contributed by atoms with Crippen molar-refractivity contribution in [2.24, 2.45) is 0 Å². The molecule has 584 valence electrons. The zero-order chi connectivity index (χ0) is 83.2. The normalized spacial score (nSPS) is 11.5. The molecule has 17 nitrogen and oxygen atoms in total. The summed E-state index contributed by atoms with van der Waals surface area (Å²) in [7, 11) is 0. The molecule has 0 atom stereocenters. The third-order valence-corrected chi connectivity index (χ3v) is 23.2. The number of nitrogens with zero attached hydrogens (tertiary/aromatic N) is 14. The minimum Gasteiger partial charge on any atom is -0.456 e. The molecule has 0 amide bonds. The van der Waals surface area contributed by atoms with E-state index < -0.39 is 0 Å². The SMILES string of the molecule is Cc1cccc2c1oc1ccc(-c3nc(-c4ccccc4)nc(-n4c5ccccc5c5ccccc54)n3)cc12.N#Cc1cccc2oc3cccc(-c4nc(-c5ccc(-c6ccccc6)cc5)nc(-n5c6ccccc6c6ccccc65)n4)c3c12.N#Cc1cccc2oc3cccc(-c4nc(-c5ccccc5)nc(-n5c6ccccc6c6ccccc65)n4)c3c12. The zero-order valence-corrected chi connectivity index (χ0v) is 66.7. The highest BCUT2D eigenvalue weighted by atomic mass is 16.3. The first-order valence-corrected chi connectivity index (χ1v) is 40.9. The molecule has 0 spiro atoms. The van der Waals surface area contributed by atoms with E-state index in [9.17, 15) is 10.5 Å². The Bertz CT molecular complexity index is 8570. The van der Waals surface area contributed by atoms with Crippen LogP contribution in [0.2, 0.25) is 0 Å². The van der Waals surface area contributed by atoms with Gasteiger partial charge in [-0.1, -0.05) is 279 Å². The Kier molecular flexibility index (Phi) is 17.4. The van der Waals surface area contributed by atoms with Crippen LogP contribution >= 0.6 is 0 Å². The molecule has 0 bridgehead atoms. The average molecular weight is 1610 g/mol. The van der Waals surface area contributed by atoms with E-state index in [0.717, 1.165) is 159 Å². The fourth-order valence-electron chi connectivity index (χ4n) is 17.6. The van der Waals surface area contributed by atoms with Gasteiger partial charge in [-0.15, -0.1) is 0 Å². The van der Waals surface area contributed by atoms with Gasteiger partial charge in [0.1, 0.15) is 33.5 Å². The number of hydrogen-bond acceptors (Lipinski definition) is 14. The summed E-state index contributed by atoms with van der Waals surface area (Å²) in [5.74, 6) is 4.97. The largest absolute Gasteiger partial charge is 0.456 e. The molecule has 0 unspecified atom stereocenters. The Hall–Kier alpha value is -17.7. The summed E-state index contributed by atoms with van der Waals surface area (Å²) in [6.07, 6.45) is 0. The maximum Gasteiger partial charge on any atom is 0.238 e. The molecular weight excluding hydrogens is 1540 g/mol. The molecule has 125 heavy (non-hydrogen) atoms. The van der Waals surface area contributed by atoms with Crippen molar-refractivity contribution in [1.29, 1.82) is 10.5 Å². The van der Waals surface area contributed by atoms with E-state index >= 15 is 0 Å². The van der Waals surface area contributed by atoms with Gasteiger partial charge in [0.15, 0.2) is 34.9 Å². The minimum atomic E-state index is 0.495. The quantitative estimate of drug-likeness (QED) is 0.124. The van der Waals surface area contributed by atoms with Crippen molar-refractivity contribution in [3.63, 3.8) is 0 Å². The number of hydrogen-bond donors (Lipinski definition) is 0. The van der Waals surface area contributed by atoms with Crippen LogP contribution in [0.25, 0.3) is 229 Å². The summed E-state index contributed by atoms with van der Waals surface area (Å²) in [5, 5.41) is 32.0. The standard InChI is InChI=1S/C40H23N5O.C34H19N5O.C34H22N4O/c41-24-28-12-8-18-34-36(28)37-31(15-9-19-35(37)46-34)39-42-38(27-22-20-26(21-23-27)25-10-2-1-3-11-25)43-40(44-39)45-32-16-6-4-13-29(32)30-14-5-7-17-33(30)45;35-20-22-12-8-18-28-30(22)31-25(15-9-19-29(31)40-28)33-36-32(21-10-2-1-3-11-21)37-34(38-33)39-26-16-6-4-13-23(26)24-14-5-7-17-27(24)39;1-21-10-9-15-26-27-20-23(18-19-30(27)39-31(21)26)33-35-32(22-11-3-2-4-12-22)36-34(37-33)38-28-16-7-5-13-24(28)25-14-6-8-17-29(25)38/h1-23H;1-19H;2-20H,1H3. The Morgan fingerprint density at radius 2 is 0.520 bits per heavy atom. The van der Waals surface area contributed by atoms with Gasteiger partial charge >= 0.3 is 0 Å². The minimum absolute atomic E-state index is 0.495. The predicted molar refractivity (Wildman–Crippen MR) is 497 cm³/mol. The summed E-state index contributed by atoms with van der Waals surface area (Å²) in [6, 6.07) is 128. The van der Waals surface area contributed by atoms with Gasteiger partial charge in [-0.25, -0.2) is 15.0 Å². The molecule has 25 aromatic rings. The Labute approximate surface area is 712 Å². The molecule has 25 rings (SSSR count). The smallest absolute Gasteiger partial charge is 0.238 e. The molecule has 0 saturated heterocycles. The van der Waals surface area contributed by atoms with Gasteiger partial charge in [0.25, 0.3) is 0 Å². The second-order valence-electron chi connectivity index (χ2n) is 30.5. The van der Waals surface area contributed by atoms with Crippen LogP contribution in [0.3, 0.4) is 0 Å². The number of nitriles is 2. The lowest BCUT2D eigenvalue weighted by Gasteiger charge is -2.12. The molecule has 17 heteroatoms. The van der Waals surface area contributed by atoms with Crippen LogP contribution in [0.5, 0.6) is 0 Å². The van der Waals surface area contributed by atoms with Crippen LogP contribution in [0, 0.1) is 29.6 Å². The number of benzene rings is 16. The molecule has 0 aliphatic carbocycles. The van der Waals surface area contributed by atoms with Crippen molar-refractivity contribution in [3.05, 3.63) is 387 Å². The summed E-state index contributed by atoms with van der Waals surface area (Å²) in [5.41, 5.74) is 20.2. The molecule has 9 aromatic heterocycles. The van der Waals surface area contributed by atoms with Crippen molar-refractivity contribution in [2.45, 2.75) is 6.92 Å². The summed E-state index contributed by atoms with van der Waals surface area (Å²) >= 11 is 0. The predicted octanol–water partition coefficient (Wildman–Crippen LogP) is 26.3.